The molecule has 1 heterocycles. The van der Waals surface area contributed by atoms with Gasteiger partial charge < -0.3 is 11.1 Å². The normalized spacial score (nSPS) is 12.2. The van der Waals surface area contributed by atoms with Gasteiger partial charge in [-0.15, -0.1) is 0 Å². The van der Waals surface area contributed by atoms with Crippen LogP contribution in [0, 0.1) is 0 Å². The summed E-state index contributed by atoms with van der Waals surface area (Å²) in [6.07, 6.45) is 4.41. The van der Waals surface area contributed by atoms with Crippen LogP contribution in [0.1, 0.15) is 17.4 Å². The number of hydrogen-bond donors (Lipinski definition) is 2. The van der Waals surface area contributed by atoms with E-state index < -0.39 is 0 Å². The van der Waals surface area contributed by atoms with E-state index in [1.807, 2.05) is 6.92 Å². The highest BCUT2D eigenvalue weighted by molar-refractivity contribution is 5.92. The van der Waals surface area contributed by atoms with Gasteiger partial charge in [-0.1, -0.05) is 0 Å². The van der Waals surface area contributed by atoms with Gasteiger partial charge in [0.15, 0.2) is 0 Å². The maximum absolute atomic E-state index is 11.3. The molecule has 70 valence electrons. The van der Waals surface area contributed by atoms with Gasteiger partial charge in [-0.05, 0) is 6.92 Å². The second-order valence-corrected chi connectivity index (χ2v) is 2.70. The molecule has 1 rings (SSSR count). The summed E-state index contributed by atoms with van der Waals surface area (Å²) < 4.78 is 0. The molecule has 1 atom stereocenters. The van der Waals surface area contributed by atoms with E-state index in [1.54, 1.807) is 0 Å². The number of nitrogens with one attached hydrogen (secondary N) is 1. The van der Waals surface area contributed by atoms with E-state index in [-0.39, 0.29) is 11.9 Å². The van der Waals surface area contributed by atoms with Crippen molar-refractivity contribution >= 4 is 5.91 Å². The third-order valence-corrected chi connectivity index (χ3v) is 1.53. The van der Waals surface area contributed by atoms with Crippen molar-refractivity contribution in [1.82, 2.24) is 15.3 Å². The molecule has 0 aliphatic carbocycles. The fourth-order valence-corrected chi connectivity index (χ4v) is 0.773. The minimum atomic E-state index is -0.244. The summed E-state index contributed by atoms with van der Waals surface area (Å²) in [4.78, 5) is 19.0. The molecule has 0 saturated carbocycles. The lowest BCUT2D eigenvalue weighted by atomic mass is 10.3. The molecule has 1 aromatic rings. The molecular formula is C8H12N4O. The van der Waals surface area contributed by atoms with Crippen LogP contribution in [0.5, 0.6) is 0 Å². The average Bonchev–Trinajstić information content (AvgIpc) is 2.19. The van der Waals surface area contributed by atoms with E-state index in [1.165, 1.54) is 18.6 Å². The van der Waals surface area contributed by atoms with Crippen LogP contribution in [0.25, 0.3) is 0 Å². The number of hydrogen-bond acceptors (Lipinski definition) is 4. The summed E-state index contributed by atoms with van der Waals surface area (Å²) in [6, 6.07) is -0.0468. The van der Waals surface area contributed by atoms with E-state index in [9.17, 15) is 4.79 Å². The van der Waals surface area contributed by atoms with E-state index in [0.29, 0.717) is 12.2 Å². The molecule has 0 spiro atoms. The number of nitrogens with two attached hydrogens (primary N) is 1. The summed E-state index contributed by atoms with van der Waals surface area (Å²) in [5.74, 6) is -0.244. The Kier molecular flexibility index (Phi) is 3.33. The molecule has 1 amide bonds. The fourth-order valence-electron chi connectivity index (χ4n) is 0.773. The monoisotopic (exact) mass is 180 g/mol. The first-order valence-corrected chi connectivity index (χ1v) is 4.01. The number of aromatic nitrogens is 2. The molecular weight excluding hydrogens is 168 g/mol. The quantitative estimate of drug-likeness (QED) is 0.660. The Morgan fingerprint density at radius 2 is 2.46 bits per heavy atom. The van der Waals surface area contributed by atoms with Gasteiger partial charge in [0.1, 0.15) is 5.69 Å². The molecule has 0 aromatic carbocycles. The Labute approximate surface area is 76.4 Å². The predicted octanol–water partition coefficient (Wildman–Crippen LogP) is -0.446. The van der Waals surface area contributed by atoms with Crippen molar-refractivity contribution in [2.75, 3.05) is 6.54 Å². The number of nitrogens with zero attached hydrogens (tertiary/aromatic N) is 2. The Bertz CT molecular complexity index is 275. The largest absolute Gasteiger partial charge is 0.347 e. The Balaban J connectivity index is 2.59. The number of rotatable bonds is 3. The van der Waals surface area contributed by atoms with Crippen LogP contribution in [0.3, 0.4) is 0 Å². The lowest BCUT2D eigenvalue weighted by Gasteiger charge is -2.09. The van der Waals surface area contributed by atoms with Crippen LogP contribution in [-0.2, 0) is 0 Å². The van der Waals surface area contributed by atoms with Gasteiger partial charge in [0.05, 0.1) is 6.20 Å². The van der Waals surface area contributed by atoms with Gasteiger partial charge >= 0.3 is 0 Å². The third kappa shape index (κ3) is 2.79. The second kappa shape index (κ2) is 4.51. The zero-order chi connectivity index (χ0) is 9.68. The van der Waals surface area contributed by atoms with Crippen LogP contribution in [0.15, 0.2) is 18.6 Å². The van der Waals surface area contributed by atoms with E-state index in [4.69, 9.17) is 5.73 Å². The lowest BCUT2D eigenvalue weighted by Crippen LogP contribution is -2.38. The zero-order valence-electron chi connectivity index (χ0n) is 7.40. The van der Waals surface area contributed by atoms with Crippen molar-refractivity contribution in [1.29, 1.82) is 0 Å². The molecule has 13 heavy (non-hydrogen) atoms. The van der Waals surface area contributed by atoms with E-state index in [2.05, 4.69) is 15.3 Å². The van der Waals surface area contributed by atoms with Crippen molar-refractivity contribution in [3.05, 3.63) is 24.3 Å². The molecule has 3 N–H and O–H groups in total. The molecule has 1 aromatic heterocycles. The highest BCUT2D eigenvalue weighted by atomic mass is 16.1. The molecule has 5 nitrogen and oxygen atoms in total. The summed E-state index contributed by atoms with van der Waals surface area (Å²) >= 11 is 0. The van der Waals surface area contributed by atoms with Gasteiger partial charge in [0.2, 0.25) is 0 Å². The molecule has 0 radical (unpaired) electrons. The molecule has 5 heteroatoms. The van der Waals surface area contributed by atoms with Crippen molar-refractivity contribution < 1.29 is 4.79 Å². The number of carbonyl (C=O) groups excluding carboxylic acids is 1. The van der Waals surface area contributed by atoms with Gasteiger partial charge in [-0.2, -0.15) is 0 Å². The maximum Gasteiger partial charge on any atom is 0.271 e. The Morgan fingerprint density at radius 3 is 3.00 bits per heavy atom. The van der Waals surface area contributed by atoms with Crippen molar-refractivity contribution in [2.24, 2.45) is 5.73 Å². The van der Waals surface area contributed by atoms with Crippen LogP contribution >= 0.6 is 0 Å². The van der Waals surface area contributed by atoms with E-state index >= 15 is 0 Å². The summed E-state index contributed by atoms with van der Waals surface area (Å²) in [5.41, 5.74) is 5.66. The van der Waals surface area contributed by atoms with Gasteiger partial charge in [-0.3, -0.25) is 9.78 Å². The zero-order valence-corrected chi connectivity index (χ0v) is 7.40. The first-order chi connectivity index (χ1) is 6.24. The molecule has 0 aliphatic heterocycles. The van der Waals surface area contributed by atoms with Gasteiger partial charge in [0.25, 0.3) is 5.91 Å². The van der Waals surface area contributed by atoms with Gasteiger partial charge in [0, 0.05) is 25.0 Å². The molecule has 0 bridgehead atoms. The first kappa shape index (κ1) is 9.60. The smallest absolute Gasteiger partial charge is 0.271 e. The Hall–Kier alpha value is -1.49. The van der Waals surface area contributed by atoms with Crippen molar-refractivity contribution in [2.45, 2.75) is 13.0 Å². The molecule has 0 unspecified atom stereocenters. The van der Waals surface area contributed by atoms with E-state index in [0.717, 1.165) is 0 Å². The molecule has 0 fully saturated rings. The highest BCUT2D eigenvalue weighted by Gasteiger charge is 2.08. The minimum absolute atomic E-state index is 0.0468. The van der Waals surface area contributed by atoms with Crippen LogP contribution in [0.2, 0.25) is 0 Å². The maximum atomic E-state index is 11.3. The molecule has 0 aliphatic rings. The standard InChI is InChI=1S/C8H12N4O/c1-6(4-9)12-8(13)7-5-10-2-3-11-7/h2-3,5-6H,4,9H2,1H3,(H,12,13)/t6-/m0/s1. The van der Waals surface area contributed by atoms with Crippen LogP contribution in [-0.4, -0.2) is 28.5 Å². The van der Waals surface area contributed by atoms with Crippen LogP contribution in [0.4, 0.5) is 0 Å². The van der Waals surface area contributed by atoms with Crippen molar-refractivity contribution in [3.63, 3.8) is 0 Å². The van der Waals surface area contributed by atoms with Crippen LogP contribution < -0.4 is 11.1 Å². The van der Waals surface area contributed by atoms with Crippen molar-refractivity contribution in [3.8, 4) is 0 Å². The van der Waals surface area contributed by atoms with Gasteiger partial charge in [-0.25, -0.2) is 4.98 Å². The predicted molar refractivity (Wildman–Crippen MR) is 48.0 cm³/mol. The summed E-state index contributed by atoms with van der Waals surface area (Å²) in [6.45, 7) is 2.24. The fraction of sp³-hybridized carbons (Fsp3) is 0.375. The third-order valence-electron chi connectivity index (χ3n) is 1.53. The average molecular weight is 180 g/mol. The summed E-state index contributed by atoms with van der Waals surface area (Å²) in [5, 5.41) is 2.68. The summed E-state index contributed by atoms with van der Waals surface area (Å²) in [7, 11) is 0. The highest BCUT2D eigenvalue weighted by Crippen LogP contribution is 1.90. The second-order valence-electron chi connectivity index (χ2n) is 2.70. The topological polar surface area (TPSA) is 80.9 Å². The molecule has 0 saturated heterocycles. The lowest BCUT2D eigenvalue weighted by molar-refractivity contribution is 0.0936. The Morgan fingerprint density at radius 1 is 1.69 bits per heavy atom. The first-order valence-electron chi connectivity index (χ1n) is 4.01. The number of carbonyl (C=O) groups is 1. The number of amides is 1. The minimum Gasteiger partial charge on any atom is -0.347 e. The SMILES string of the molecule is C[C@@H](CN)NC(=O)c1cnccn1.